The highest BCUT2D eigenvalue weighted by Gasteiger charge is 2.33. The van der Waals surface area contributed by atoms with E-state index in [2.05, 4.69) is 19.9 Å². The van der Waals surface area contributed by atoms with E-state index in [0.29, 0.717) is 25.4 Å². The molecule has 1 aromatic carbocycles. The van der Waals surface area contributed by atoms with Crippen molar-refractivity contribution in [1.82, 2.24) is 4.90 Å². The number of aryl methyl sites for hydroxylation is 1. The second kappa shape index (κ2) is 6.93. The third kappa shape index (κ3) is 3.46. The maximum Gasteiger partial charge on any atom is 0.307 e. The Morgan fingerprint density at radius 3 is 2.71 bits per heavy atom. The molecule has 3 rings (SSSR count). The number of anilines is 1. The fourth-order valence-electron chi connectivity index (χ4n) is 4.11. The molecular formula is C19H26N2O3. The summed E-state index contributed by atoms with van der Waals surface area (Å²) < 4.78 is 0. The number of likely N-dealkylation sites (tertiary alicyclic amines) is 1. The highest BCUT2D eigenvalue weighted by Crippen LogP contribution is 2.31. The Bertz CT molecular complexity index is 631. The van der Waals surface area contributed by atoms with Crippen LogP contribution in [0.15, 0.2) is 24.3 Å². The summed E-state index contributed by atoms with van der Waals surface area (Å²) in [5.74, 6) is -0.741. The third-order valence-electron chi connectivity index (χ3n) is 5.24. The number of nitrogens with zero attached hydrogens (tertiary/aromatic N) is 2. The summed E-state index contributed by atoms with van der Waals surface area (Å²) in [4.78, 5) is 28.2. The van der Waals surface area contributed by atoms with Gasteiger partial charge in [-0.3, -0.25) is 14.5 Å². The molecule has 1 saturated heterocycles. The fourth-order valence-corrected chi connectivity index (χ4v) is 4.11. The number of carbonyl (C=O) groups is 2. The number of para-hydroxylation sites is 1. The average Bonchev–Trinajstić information content (AvgIpc) is 2.53. The van der Waals surface area contributed by atoms with Crippen LogP contribution in [0.3, 0.4) is 0 Å². The van der Waals surface area contributed by atoms with Gasteiger partial charge in [0.05, 0.1) is 12.5 Å². The van der Waals surface area contributed by atoms with Crippen LogP contribution >= 0.6 is 0 Å². The van der Waals surface area contributed by atoms with Gasteiger partial charge in [0.1, 0.15) is 0 Å². The highest BCUT2D eigenvalue weighted by atomic mass is 16.4. The maximum atomic E-state index is 13.0. The lowest BCUT2D eigenvalue weighted by Crippen LogP contribution is -2.50. The molecule has 0 bridgehead atoms. The largest absolute Gasteiger partial charge is 0.481 e. The van der Waals surface area contributed by atoms with E-state index in [4.69, 9.17) is 0 Å². The zero-order chi connectivity index (χ0) is 17.3. The molecule has 2 aliphatic rings. The number of piperidine rings is 1. The molecule has 1 fully saturated rings. The normalized spacial score (nSPS) is 27.6. The van der Waals surface area contributed by atoms with Crippen molar-refractivity contribution in [2.75, 3.05) is 24.5 Å². The molecule has 130 valence electrons. The van der Waals surface area contributed by atoms with Gasteiger partial charge in [0.2, 0.25) is 5.91 Å². The lowest BCUT2D eigenvalue weighted by Gasteiger charge is -2.39. The number of carboxylic acid groups (broad SMARTS) is 1. The van der Waals surface area contributed by atoms with Gasteiger partial charge >= 0.3 is 5.97 Å². The molecule has 3 unspecified atom stereocenters. The minimum Gasteiger partial charge on any atom is -0.481 e. The fraction of sp³-hybridized carbons (Fsp3) is 0.579. The molecule has 0 aliphatic carbocycles. The van der Waals surface area contributed by atoms with Gasteiger partial charge in [-0.05, 0) is 43.7 Å². The van der Waals surface area contributed by atoms with Crippen LogP contribution in [0, 0.1) is 11.8 Å². The van der Waals surface area contributed by atoms with Gasteiger partial charge in [-0.15, -0.1) is 0 Å². The Kier molecular flexibility index (Phi) is 4.90. The summed E-state index contributed by atoms with van der Waals surface area (Å²) in [6, 6.07) is 8.28. The molecule has 1 N–H and O–H groups in total. The number of fused-ring (bicyclic) bond motifs is 1. The average molecular weight is 330 g/mol. The van der Waals surface area contributed by atoms with Crippen molar-refractivity contribution in [2.24, 2.45) is 11.8 Å². The van der Waals surface area contributed by atoms with Crippen molar-refractivity contribution in [3.05, 3.63) is 29.8 Å². The first-order valence-electron chi connectivity index (χ1n) is 8.81. The van der Waals surface area contributed by atoms with Crippen LogP contribution in [-0.2, 0) is 16.0 Å². The molecule has 1 amide bonds. The van der Waals surface area contributed by atoms with E-state index < -0.39 is 5.97 Å². The minimum absolute atomic E-state index is 0.0767. The van der Waals surface area contributed by atoms with Gasteiger partial charge in [0.25, 0.3) is 0 Å². The number of hydrogen-bond donors (Lipinski definition) is 1. The van der Waals surface area contributed by atoms with Crippen molar-refractivity contribution in [3.8, 4) is 0 Å². The lowest BCUT2D eigenvalue weighted by molar-refractivity contribution is -0.145. The summed E-state index contributed by atoms with van der Waals surface area (Å²) in [6.07, 6.45) is 2.67. The Balaban J connectivity index is 1.74. The first-order valence-corrected chi connectivity index (χ1v) is 8.81. The molecule has 1 aromatic rings. The van der Waals surface area contributed by atoms with E-state index in [1.807, 2.05) is 28.0 Å². The second-order valence-corrected chi connectivity index (χ2v) is 7.35. The predicted molar refractivity (Wildman–Crippen MR) is 93.1 cm³/mol. The van der Waals surface area contributed by atoms with E-state index in [-0.39, 0.29) is 17.9 Å². The third-order valence-corrected chi connectivity index (χ3v) is 5.24. The zero-order valence-electron chi connectivity index (χ0n) is 14.4. The van der Waals surface area contributed by atoms with Crippen molar-refractivity contribution in [1.29, 1.82) is 0 Å². The monoisotopic (exact) mass is 330 g/mol. The Morgan fingerprint density at radius 1 is 1.21 bits per heavy atom. The molecule has 2 aliphatic heterocycles. The van der Waals surface area contributed by atoms with Gasteiger partial charge in [-0.1, -0.05) is 25.1 Å². The van der Waals surface area contributed by atoms with Crippen LogP contribution in [0.2, 0.25) is 0 Å². The van der Waals surface area contributed by atoms with Crippen LogP contribution in [0.5, 0.6) is 0 Å². The highest BCUT2D eigenvalue weighted by molar-refractivity contribution is 5.96. The molecule has 3 atom stereocenters. The number of carbonyl (C=O) groups excluding carboxylic acids is 1. The van der Waals surface area contributed by atoms with Crippen LogP contribution in [0.1, 0.15) is 32.3 Å². The molecule has 0 aromatic heterocycles. The number of hydrogen-bond acceptors (Lipinski definition) is 3. The summed E-state index contributed by atoms with van der Waals surface area (Å²) in [5, 5.41) is 9.31. The van der Waals surface area contributed by atoms with Crippen LogP contribution in [0.25, 0.3) is 0 Å². The number of carboxylic acids is 1. The molecule has 5 nitrogen and oxygen atoms in total. The minimum atomic E-state index is -0.754. The standard InChI is InChI=1S/C19H26N2O3/c1-13-9-16(19(23)24)11-20(10-13)12-18(22)21-14(2)7-8-15-5-3-4-6-17(15)21/h3-6,13-14,16H,7-12H2,1-2H3,(H,23,24). The topological polar surface area (TPSA) is 60.9 Å². The first kappa shape index (κ1) is 17.0. The van der Waals surface area contributed by atoms with Crippen molar-refractivity contribution >= 4 is 17.6 Å². The summed E-state index contributed by atoms with van der Waals surface area (Å²) in [6.45, 7) is 5.71. The van der Waals surface area contributed by atoms with Crippen molar-refractivity contribution < 1.29 is 14.7 Å². The SMILES string of the molecule is CC1CC(C(=O)O)CN(CC(=O)N2c3ccccc3CCC2C)C1. The number of aliphatic carboxylic acids is 1. The molecule has 0 spiro atoms. The van der Waals surface area contributed by atoms with E-state index in [0.717, 1.165) is 25.1 Å². The summed E-state index contributed by atoms with van der Waals surface area (Å²) in [7, 11) is 0. The van der Waals surface area contributed by atoms with E-state index >= 15 is 0 Å². The quantitative estimate of drug-likeness (QED) is 0.924. The predicted octanol–water partition coefficient (Wildman–Crippen LogP) is 2.40. The van der Waals surface area contributed by atoms with Gasteiger partial charge in [-0.25, -0.2) is 0 Å². The van der Waals surface area contributed by atoms with Gasteiger partial charge < -0.3 is 10.0 Å². The number of amides is 1. The Hall–Kier alpha value is -1.88. The van der Waals surface area contributed by atoms with Gasteiger partial charge in [-0.2, -0.15) is 0 Å². The van der Waals surface area contributed by atoms with E-state index in [1.165, 1.54) is 5.56 Å². The Labute approximate surface area is 143 Å². The van der Waals surface area contributed by atoms with Crippen LogP contribution in [-0.4, -0.2) is 47.6 Å². The molecule has 0 saturated carbocycles. The number of benzene rings is 1. The molecule has 5 heteroatoms. The van der Waals surface area contributed by atoms with Crippen molar-refractivity contribution in [2.45, 2.75) is 39.2 Å². The molecule has 2 heterocycles. The Morgan fingerprint density at radius 2 is 1.96 bits per heavy atom. The number of rotatable bonds is 3. The maximum absolute atomic E-state index is 13.0. The molecule has 24 heavy (non-hydrogen) atoms. The summed E-state index contributed by atoms with van der Waals surface area (Å²) in [5.41, 5.74) is 2.24. The van der Waals surface area contributed by atoms with Crippen molar-refractivity contribution in [3.63, 3.8) is 0 Å². The van der Waals surface area contributed by atoms with E-state index in [1.54, 1.807) is 0 Å². The summed E-state index contributed by atoms with van der Waals surface area (Å²) >= 11 is 0. The van der Waals surface area contributed by atoms with Crippen LogP contribution in [0.4, 0.5) is 5.69 Å². The van der Waals surface area contributed by atoms with Gasteiger partial charge in [0, 0.05) is 24.8 Å². The van der Waals surface area contributed by atoms with Crippen LogP contribution < -0.4 is 4.90 Å². The molecular weight excluding hydrogens is 304 g/mol. The molecule has 0 radical (unpaired) electrons. The van der Waals surface area contributed by atoms with E-state index in [9.17, 15) is 14.7 Å². The van der Waals surface area contributed by atoms with Gasteiger partial charge in [0.15, 0.2) is 0 Å². The first-order chi connectivity index (χ1) is 11.5. The zero-order valence-corrected chi connectivity index (χ0v) is 14.4. The smallest absolute Gasteiger partial charge is 0.307 e. The second-order valence-electron chi connectivity index (χ2n) is 7.35. The lowest BCUT2D eigenvalue weighted by atomic mass is 9.90.